The smallest absolute Gasteiger partial charge is 0.312 e. The van der Waals surface area contributed by atoms with Crippen LogP contribution in [-0.2, 0) is 9.59 Å². The van der Waals surface area contributed by atoms with Gasteiger partial charge in [-0.1, -0.05) is 0 Å². The fourth-order valence-electron chi connectivity index (χ4n) is 3.98. The molecule has 2 atom stereocenters. The third-order valence-corrected chi connectivity index (χ3v) is 5.74. The van der Waals surface area contributed by atoms with Crippen molar-refractivity contribution in [2.24, 2.45) is 10.8 Å². The van der Waals surface area contributed by atoms with Crippen LogP contribution in [0.3, 0.4) is 0 Å². The SMILES string of the molecule is Cc1nc2ccc(C(=O)N3C[C@@]4(C(=O)O)C[C@@]4(C(=O)O)C3)cc2nc1C. The van der Waals surface area contributed by atoms with Crippen molar-refractivity contribution in [3.8, 4) is 0 Å². The number of carboxylic acid groups (broad SMARTS) is 2. The fourth-order valence-corrected chi connectivity index (χ4v) is 3.98. The average Bonchev–Trinajstić information content (AvgIpc) is 3.13. The van der Waals surface area contributed by atoms with E-state index in [0.29, 0.717) is 16.6 Å². The second kappa shape index (κ2) is 5.00. The van der Waals surface area contributed by atoms with Crippen molar-refractivity contribution < 1.29 is 24.6 Å². The molecule has 2 N–H and O–H groups in total. The molecule has 1 aliphatic carbocycles. The van der Waals surface area contributed by atoms with E-state index in [-0.39, 0.29) is 25.4 Å². The molecule has 0 spiro atoms. The lowest BCUT2D eigenvalue weighted by molar-refractivity contribution is -0.151. The number of carbonyl (C=O) groups is 3. The predicted octanol–water partition coefficient (Wildman–Crippen LogP) is 1.25. The Balaban J connectivity index is 1.67. The van der Waals surface area contributed by atoms with Crippen LogP contribution < -0.4 is 0 Å². The predicted molar refractivity (Wildman–Crippen MR) is 89.7 cm³/mol. The highest BCUT2D eigenvalue weighted by Gasteiger charge is 2.81. The Bertz CT molecular complexity index is 976. The molecule has 134 valence electrons. The molecule has 1 saturated carbocycles. The average molecular weight is 355 g/mol. The molecule has 2 aliphatic rings. The summed E-state index contributed by atoms with van der Waals surface area (Å²) >= 11 is 0. The number of fused-ring (bicyclic) bond motifs is 2. The number of likely N-dealkylation sites (tertiary alicyclic amines) is 1. The van der Waals surface area contributed by atoms with E-state index in [0.717, 1.165) is 11.4 Å². The van der Waals surface area contributed by atoms with E-state index in [1.165, 1.54) is 4.90 Å². The third-order valence-electron chi connectivity index (χ3n) is 5.74. The molecule has 26 heavy (non-hydrogen) atoms. The molecular weight excluding hydrogens is 338 g/mol. The minimum atomic E-state index is -1.38. The van der Waals surface area contributed by atoms with Crippen LogP contribution in [0.5, 0.6) is 0 Å². The van der Waals surface area contributed by atoms with Crippen LogP contribution in [0, 0.1) is 24.7 Å². The largest absolute Gasteiger partial charge is 0.481 e. The number of hydrogen-bond donors (Lipinski definition) is 2. The molecular formula is C18H17N3O5. The lowest BCUT2D eigenvalue weighted by atomic mass is 9.97. The summed E-state index contributed by atoms with van der Waals surface area (Å²) in [5, 5.41) is 19.0. The molecule has 1 aromatic heterocycles. The van der Waals surface area contributed by atoms with Gasteiger partial charge in [0.15, 0.2) is 0 Å². The lowest BCUT2D eigenvalue weighted by Crippen LogP contribution is -2.34. The Morgan fingerprint density at radius 2 is 1.50 bits per heavy atom. The van der Waals surface area contributed by atoms with Crippen LogP contribution in [0.2, 0.25) is 0 Å². The molecule has 2 aromatic rings. The maximum absolute atomic E-state index is 12.8. The minimum Gasteiger partial charge on any atom is -0.481 e. The molecule has 2 fully saturated rings. The summed E-state index contributed by atoms with van der Waals surface area (Å²) in [6.45, 7) is 3.50. The Hall–Kier alpha value is -3.03. The van der Waals surface area contributed by atoms with E-state index >= 15 is 0 Å². The fraction of sp³-hybridized carbons (Fsp3) is 0.389. The number of carboxylic acids is 2. The highest BCUT2D eigenvalue weighted by Crippen LogP contribution is 2.68. The molecule has 0 bridgehead atoms. The Morgan fingerprint density at radius 1 is 0.962 bits per heavy atom. The molecule has 1 aromatic carbocycles. The number of carbonyl (C=O) groups excluding carboxylic acids is 1. The lowest BCUT2D eigenvalue weighted by Gasteiger charge is -2.20. The Labute approximate surface area is 148 Å². The van der Waals surface area contributed by atoms with Crippen LogP contribution >= 0.6 is 0 Å². The van der Waals surface area contributed by atoms with Crippen LogP contribution in [0.1, 0.15) is 28.2 Å². The molecule has 4 rings (SSSR count). The van der Waals surface area contributed by atoms with Crippen molar-refractivity contribution >= 4 is 28.9 Å². The number of amides is 1. The summed E-state index contributed by atoms with van der Waals surface area (Å²) in [5.74, 6) is -2.71. The number of hydrogen-bond acceptors (Lipinski definition) is 5. The van der Waals surface area contributed by atoms with Gasteiger partial charge in [0.25, 0.3) is 5.91 Å². The number of piperidine rings is 1. The van der Waals surface area contributed by atoms with E-state index in [4.69, 9.17) is 0 Å². The van der Waals surface area contributed by atoms with Crippen molar-refractivity contribution in [1.29, 1.82) is 0 Å². The summed E-state index contributed by atoms with van der Waals surface area (Å²) in [7, 11) is 0. The number of rotatable bonds is 3. The van der Waals surface area contributed by atoms with Gasteiger partial charge in [0.1, 0.15) is 10.8 Å². The first-order valence-electron chi connectivity index (χ1n) is 8.21. The van der Waals surface area contributed by atoms with Gasteiger partial charge in [-0.05, 0) is 38.5 Å². The van der Waals surface area contributed by atoms with Gasteiger partial charge in [-0.3, -0.25) is 14.4 Å². The second-order valence-electron chi connectivity index (χ2n) is 7.21. The summed E-state index contributed by atoms with van der Waals surface area (Å²) in [6.07, 6.45) is 0.0656. The Kier molecular flexibility index (Phi) is 3.16. The van der Waals surface area contributed by atoms with E-state index in [2.05, 4.69) is 9.97 Å². The zero-order valence-corrected chi connectivity index (χ0v) is 14.3. The van der Waals surface area contributed by atoms with E-state index in [9.17, 15) is 24.6 Å². The van der Waals surface area contributed by atoms with Gasteiger partial charge in [-0.2, -0.15) is 0 Å². The normalized spacial score (nSPS) is 26.6. The van der Waals surface area contributed by atoms with Crippen LogP contribution in [0.25, 0.3) is 11.0 Å². The van der Waals surface area contributed by atoms with Crippen LogP contribution in [0.4, 0.5) is 0 Å². The Morgan fingerprint density at radius 3 is 2.04 bits per heavy atom. The van der Waals surface area contributed by atoms with Crippen LogP contribution in [0.15, 0.2) is 18.2 Å². The van der Waals surface area contributed by atoms with Gasteiger partial charge < -0.3 is 15.1 Å². The van der Waals surface area contributed by atoms with Crippen molar-refractivity contribution in [3.05, 3.63) is 35.2 Å². The maximum Gasteiger partial charge on any atom is 0.312 e. The number of nitrogens with zero attached hydrogens (tertiary/aromatic N) is 3. The van der Waals surface area contributed by atoms with Gasteiger partial charge in [0, 0.05) is 18.7 Å². The number of aromatic nitrogens is 2. The molecule has 8 heteroatoms. The number of aryl methyl sites for hydroxylation is 2. The first-order valence-corrected chi connectivity index (χ1v) is 8.21. The topological polar surface area (TPSA) is 121 Å². The molecule has 2 heterocycles. The van der Waals surface area contributed by atoms with Gasteiger partial charge in [-0.25, -0.2) is 9.97 Å². The zero-order valence-electron chi connectivity index (χ0n) is 14.3. The van der Waals surface area contributed by atoms with Gasteiger partial charge >= 0.3 is 11.9 Å². The first-order chi connectivity index (χ1) is 12.2. The number of aliphatic carboxylic acids is 2. The second-order valence-corrected chi connectivity index (χ2v) is 7.21. The summed E-state index contributed by atoms with van der Waals surface area (Å²) in [5.41, 5.74) is 0.402. The number of benzene rings is 1. The monoisotopic (exact) mass is 355 g/mol. The molecule has 0 radical (unpaired) electrons. The maximum atomic E-state index is 12.8. The van der Waals surface area contributed by atoms with Crippen molar-refractivity contribution in [3.63, 3.8) is 0 Å². The molecule has 1 aliphatic heterocycles. The van der Waals surface area contributed by atoms with Crippen molar-refractivity contribution in [2.45, 2.75) is 20.3 Å². The van der Waals surface area contributed by atoms with Gasteiger partial charge in [0.05, 0.1) is 22.4 Å². The summed E-state index contributed by atoms with van der Waals surface area (Å²) in [6, 6.07) is 4.92. The highest BCUT2D eigenvalue weighted by atomic mass is 16.4. The molecule has 8 nitrogen and oxygen atoms in total. The minimum absolute atomic E-state index is 0.0656. The third kappa shape index (κ3) is 1.98. The summed E-state index contributed by atoms with van der Waals surface area (Å²) < 4.78 is 0. The van der Waals surface area contributed by atoms with E-state index in [1.807, 2.05) is 13.8 Å². The van der Waals surface area contributed by atoms with Gasteiger partial charge in [-0.15, -0.1) is 0 Å². The van der Waals surface area contributed by atoms with E-state index < -0.39 is 22.8 Å². The van der Waals surface area contributed by atoms with Crippen molar-refractivity contribution in [1.82, 2.24) is 14.9 Å². The molecule has 0 unspecified atom stereocenters. The van der Waals surface area contributed by atoms with Crippen LogP contribution in [-0.4, -0.2) is 56.0 Å². The van der Waals surface area contributed by atoms with E-state index in [1.54, 1.807) is 18.2 Å². The zero-order chi connectivity index (χ0) is 18.9. The van der Waals surface area contributed by atoms with Crippen molar-refractivity contribution in [2.75, 3.05) is 13.1 Å². The highest BCUT2D eigenvalue weighted by molar-refractivity contribution is 6.01. The first kappa shape index (κ1) is 16.4. The van der Waals surface area contributed by atoms with Gasteiger partial charge in [0.2, 0.25) is 0 Å². The molecule has 1 amide bonds. The quantitative estimate of drug-likeness (QED) is 0.850. The molecule has 1 saturated heterocycles. The summed E-state index contributed by atoms with van der Waals surface area (Å²) in [4.78, 5) is 46.2. The standard InChI is InChI=1S/C18H17N3O5/c1-9-10(2)20-13-5-11(3-4-12(13)19-9)14(22)21-7-17(15(23)24)6-18(17,8-21)16(25)26/h3-5H,6-8H2,1-2H3,(H,23,24)(H,25,26)/t17-,18+.